The monoisotopic (exact) mass is 634 g/mol. The molecule has 0 spiro atoms. The maximum Gasteiger partial charge on any atom is 0.140 e. The number of unbranched alkanes of at least 4 members (excludes halogenated alkanes) is 1. The lowest BCUT2D eigenvalue weighted by atomic mass is 9.71. The fourth-order valence-corrected chi connectivity index (χ4v) is 8.38. The Hall–Kier alpha value is -1.85. The van der Waals surface area contributed by atoms with Gasteiger partial charge >= 0.3 is 0 Å². The van der Waals surface area contributed by atoms with Crippen LogP contribution in [0, 0.1) is 23.7 Å². The normalized spacial score (nSPS) is 30.5. The summed E-state index contributed by atoms with van der Waals surface area (Å²) in [4.78, 5) is 15.7. The summed E-state index contributed by atoms with van der Waals surface area (Å²) in [6.45, 7) is 22.6. The third-order valence-corrected chi connectivity index (χ3v) is 11.2. The van der Waals surface area contributed by atoms with Gasteiger partial charge in [0.1, 0.15) is 13.6 Å². The minimum atomic E-state index is -0.101. The van der Waals surface area contributed by atoms with Gasteiger partial charge in [0.05, 0.1) is 18.3 Å². The number of nitrogens with zero attached hydrogens (tertiary/aromatic N) is 1. The van der Waals surface area contributed by atoms with Crippen molar-refractivity contribution in [2.75, 3.05) is 6.54 Å². The van der Waals surface area contributed by atoms with Gasteiger partial charge in [-0.2, -0.15) is 0 Å². The molecular formula is C41H68BNO3. The maximum absolute atomic E-state index is 13.3. The van der Waals surface area contributed by atoms with Crippen LogP contribution >= 0.6 is 0 Å². The predicted molar refractivity (Wildman–Crippen MR) is 199 cm³/mol. The number of likely N-dealkylation sites (tertiary alicyclic amines) is 1. The number of aliphatic hydroxyl groups excluding tert-OH is 1. The standard InChI is InChI=1S/C41H68BNO3/c1-8-13-35(39(45)22-17-30(4)24-31(5)25-34-18-20-37(44)21-19-34)26-29(3)14-10-11-16-40-38(42)27-32(6)41(46-40)28-33(7)43-23-12-15-36(43)9-2/h8-9,25-26,30,32,34-38,40-41,44H,1-2,7,10-24,27-28,42H2,3-6H3/b29-26+,31-25+/t30-,32-,34?,35-,36?,37?,38?,40-,41+/m1/s1. The van der Waals surface area contributed by atoms with Crippen molar-refractivity contribution < 1.29 is 14.6 Å². The Balaban J connectivity index is 1.40. The summed E-state index contributed by atoms with van der Waals surface area (Å²) in [7, 11) is 2.36. The van der Waals surface area contributed by atoms with Crippen molar-refractivity contribution in [3.63, 3.8) is 0 Å². The van der Waals surface area contributed by atoms with E-state index in [4.69, 9.17) is 4.74 Å². The van der Waals surface area contributed by atoms with E-state index in [-0.39, 0.29) is 18.1 Å². The molecule has 46 heavy (non-hydrogen) atoms. The average molecular weight is 634 g/mol. The van der Waals surface area contributed by atoms with Gasteiger partial charge in [-0.3, -0.25) is 4.79 Å². The summed E-state index contributed by atoms with van der Waals surface area (Å²) in [5.41, 5.74) is 3.98. The molecule has 1 aliphatic carbocycles. The number of aliphatic hydroxyl groups is 1. The average Bonchev–Trinajstić information content (AvgIpc) is 3.50. The zero-order chi connectivity index (χ0) is 33.6. The third-order valence-electron chi connectivity index (χ3n) is 11.2. The summed E-state index contributed by atoms with van der Waals surface area (Å²) < 4.78 is 6.76. The second-order valence-electron chi connectivity index (χ2n) is 15.6. The summed E-state index contributed by atoms with van der Waals surface area (Å²) in [5.74, 6) is 2.55. The fourth-order valence-electron chi connectivity index (χ4n) is 8.38. The molecule has 3 aliphatic rings. The van der Waals surface area contributed by atoms with Crippen LogP contribution in [0.1, 0.15) is 130 Å². The first-order valence-electron chi connectivity index (χ1n) is 18.9. The van der Waals surface area contributed by atoms with Crippen LogP contribution in [-0.4, -0.2) is 54.5 Å². The van der Waals surface area contributed by atoms with E-state index in [9.17, 15) is 9.90 Å². The number of carbonyl (C=O) groups is 1. The van der Waals surface area contributed by atoms with E-state index < -0.39 is 0 Å². The van der Waals surface area contributed by atoms with Gasteiger partial charge in [0.25, 0.3) is 0 Å². The molecule has 1 saturated carbocycles. The molecule has 0 aromatic heterocycles. The highest BCUT2D eigenvalue weighted by atomic mass is 16.5. The highest BCUT2D eigenvalue weighted by molar-refractivity contribution is 6.12. The Labute approximate surface area is 284 Å². The molecule has 3 fully saturated rings. The number of hydrogen-bond acceptors (Lipinski definition) is 4. The maximum atomic E-state index is 13.3. The van der Waals surface area contributed by atoms with Crippen molar-refractivity contribution >= 4 is 13.6 Å². The lowest BCUT2D eigenvalue weighted by Gasteiger charge is -2.41. The quantitative estimate of drug-likeness (QED) is 0.0875. The number of rotatable bonds is 19. The van der Waals surface area contributed by atoms with Crippen molar-refractivity contribution in [1.29, 1.82) is 0 Å². The molecule has 3 rings (SSSR count). The van der Waals surface area contributed by atoms with Gasteiger partial charge in [-0.15, -0.1) is 13.2 Å². The highest BCUT2D eigenvalue weighted by Crippen LogP contribution is 2.38. The SMILES string of the molecule is BC1C[C@@H](C)[C@H](CC(=C)N2CCCC2C=C)O[C@@H]1CCCC/C(C)=C/[C@@H](CC=C)C(=O)CC[C@@H](C)C/C(C)=C/C1CCC(O)CC1. The number of allylic oxidation sites excluding steroid dienone is 5. The van der Waals surface area contributed by atoms with Crippen LogP contribution in [0.15, 0.2) is 60.9 Å². The molecule has 2 aliphatic heterocycles. The van der Waals surface area contributed by atoms with Gasteiger partial charge in [0.2, 0.25) is 0 Å². The minimum Gasteiger partial charge on any atom is -0.393 e. The van der Waals surface area contributed by atoms with Crippen molar-refractivity contribution in [3.05, 3.63) is 60.9 Å². The van der Waals surface area contributed by atoms with Gasteiger partial charge in [0.15, 0.2) is 0 Å². The van der Waals surface area contributed by atoms with E-state index in [0.717, 1.165) is 83.6 Å². The number of hydrogen-bond donors (Lipinski definition) is 1. The zero-order valence-corrected chi connectivity index (χ0v) is 30.4. The molecular weight excluding hydrogens is 565 g/mol. The largest absolute Gasteiger partial charge is 0.393 e. The lowest BCUT2D eigenvalue weighted by Crippen LogP contribution is -2.39. The van der Waals surface area contributed by atoms with Gasteiger partial charge in [-0.25, -0.2) is 0 Å². The lowest BCUT2D eigenvalue weighted by molar-refractivity contribution is -0.121. The van der Waals surface area contributed by atoms with Gasteiger partial charge in [-0.1, -0.05) is 68.7 Å². The van der Waals surface area contributed by atoms with Crippen molar-refractivity contribution in [3.8, 4) is 0 Å². The van der Waals surface area contributed by atoms with Crippen molar-refractivity contribution in [2.45, 2.75) is 161 Å². The molecule has 0 bridgehead atoms. The Bertz CT molecular complexity index is 1040. The number of ether oxygens (including phenoxy) is 1. The summed E-state index contributed by atoms with van der Waals surface area (Å²) >= 11 is 0. The Morgan fingerprint density at radius 1 is 1.07 bits per heavy atom. The summed E-state index contributed by atoms with van der Waals surface area (Å²) in [5, 5.41) is 9.78. The van der Waals surface area contributed by atoms with Crippen molar-refractivity contribution in [2.24, 2.45) is 23.7 Å². The summed E-state index contributed by atoms with van der Waals surface area (Å²) in [6, 6.07) is 0.433. The molecule has 258 valence electrons. The molecule has 1 N–H and O–H groups in total. The van der Waals surface area contributed by atoms with Crippen LogP contribution in [0.4, 0.5) is 0 Å². The molecule has 5 heteroatoms. The number of Topliss-reactive ketones (excluding diaryl/α,β-unsaturated/α-hetero) is 1. The van der Waals surface area contributed by atoms with E-state index in [1.807, 2.05) is 6.08 Å². The van der Waals surface area contributed by atoms with E-state index in [1.54, 1.807) is 0 Å². The Morgan fingerprint density at radius 3 is 2.50 bits per heavy atom. The van der Waals surface area contributed by atoms with Gasteiger partial charge in [0, 0.05) is 37.0 Å². The smallest absolute Gasteiger partial charge is 0.140 e. The van der Waals surface area contributed by atoms with E-state index in [0.29, 0.717) is 47.9 Å². The van der Waals surface area contributed by atoms with E-state index in [2.05, 4.69) is 78.4 Å². The second-order valence-corrected chi connectivity index (χ2v) is 15.6. The minimum absolute atomic E-state index is 0.0525. The molecule has 0 amide bonds. The molecule has 4 nitrogen and oxygen atoms in total. The first kappa shape index (κ1) is 38.6. The molecule has 2 saturated heterocycles. The van der Waals surface area contributed by atoms with Crippen LogP contribution in [-0.2, 0) is 9.53 Å². The molecule has 7 atom stereocenters. The second kappa shape index (κ2) is 19.9. The Kier molecular flexibility index (Phi) is 16.7. The molecule has 0 radical (unpaired) electrons. The van der Waals surface area contributed by atoms with Crippen LogP contribution < -0.4 is 0 Å². The third kappa shape index (κ3) is 12.6. The van der Waals surface area contributed by atoms with E-state index >= 15 is 0 Å². The first-order valence-corrected chi connectivity index (χ1v) is 18.9. The van der Waals surface area contributed by atoms with Crippen LogP contribution in [0.3, 0.4) is 0 Å². The zero-order valence-electron chi connectivity index (χ0n) is 30.4. The van der Waals surface area contributed by atoms with Gasteiger partial charge < -0.3 is 14.7 Å². The van der Waals surface area contributed by atoms with Crippen LogP contribution in [0.5, 0.6) is 0 Å². The fraction of sp³-hybridized carbons (Fsp3) is 0.732. The molecule has 2 unspecified atom stereocenters. The Morgan fingerprint density at radius 2 is 1.80 bits per heavy atom. The van der Waals surface area contributed by atoms with Gasteiger partial charge in [-0.05, 0) is 114 Å². The van der Waals surface area contributed by atoms with Crippen LogP contribution in [0.25, 0.3) is 0 Å². The number of ketones is 1. The number of carbonyl (C=O) groups excluding carboxylic acids is 1. The highest BCUT2D eigenvalue weighted by Gasteiger charge is 2.35. The molecule has 0 aromatic rings. The van der Waals surface area contributed by atoms with Crippen LogP contribution in [0.2, 0.25) is 5.82 Å². The predicted octanol–water partition coefficient (Wildman–Crippen LogP) is 9.33. The topological polar surface area (TPSA) is 49.8 Å². The molecule has 0 aromatic carbocycles. The summed E-state index contributed by atoms with van der Waals surface area (Å²) in [6.07, 6.45) is 25.5. The van der Waals surface area contributed by atoms with Crippen molar-refractivity contribution in [1.82, 2.24) is 4.90 Å². The van der Waals surface area contributed by atoms with E-state index in [1.165, 1.54) is 36.1 Å². The first-order chi connectivity index (χ1) is 22.0. The molecule has 2 heterocycles.